The van der Waals surface area contributed by atoms with Crippen LogP contribution in [0.3, 0.4) is 0 Å². The van der Waals surface area contributed by atoms with E-state index in [2.05, 4.69) is 5.32 Å². The highest BCUT2D eigenvalue weighted by Gasteiger charge is 2.22. The van der Waals surface area contributed by atoms with Crippen molar-refractivity contribution in [1.82, 2.24) is 5.32 Å². The number of ether oxygens (including phenoxy) is 2. The van der Waals surface area contributed by atoms with E-state index in [4.69, 9.17) is 13.9 Å². The minimum Gasteiger partial charge on any atom is -0.464 e. The molecular weight excluding hydrogens is 246 g/mol. The van der Waals surface area contributed by atoms with Crippen LogP contribution in [0.5, 0.6) is 0 Å². The highest BCUT2D eigenvalue weighted by molar-refractivity contribution is 5.68. The van der Waals surface area contributed by atoms with Gasteiger partial charge in [0.25, 0.3) is 0 Å². The monoisotopic (exact) mass is 269 g/mol. The summed E-state index contributed by atoms with van der Waals surface area (Å²) in [5.74, 6) is 1.55. The van der Waals surface area contributed by atoms with Gasteiger partial charge in [0.1, 0.15) is 23.2 Å². The summed E-state index contributed by atoms with van der Waals surface area (Å²) >= 11 is 0. The largest absolute Gasteiger partial charge is 0.464 e. The van der Waals surface area contributed by atoms with Crippen LogP contribution in [-0.2, 0) is 15.9 Å². The summed E-state index contributed by atoms with van der Waals surface area (Å²) in [6.45, 7) is 7.80. The number of amides is 1. The van der Waals surface area contributed by atoms with Crippen molar-refractivity contribution in [3.63, 3.8) is 0 Å². The Balaban J connectivity index is 2.69. The summed E-state index contributed by atoms with van der Waals surface area (Å²) in [7, 11) is 1.58. The average Bonchev–Trinajstić information content (AvgIpc) is 2.74. The molecule has 0 aliphatic carbocycles. The maximum absolute atomic E-state index is 11.8. The number of rotatable bonds is 5. The van der Waals surface area contributed by atoms with Crippen molar-refractivity contribution >= 4 is 6.09 Å². The molecule has 0 saturated heterocycles. The second-order valence-electron chi connectivity index (χ2n) is 5.31. The molecule has 0 spiro atoms. The molecule has 1 amide bonds. The first-order chi connectivity index (χ1) is 8.85. The van der Waals surface area contributed by atoms with E-state index >= 15 is 0 Å². The molecule has 1 heterocycles. The number of carbonyl (C=O) groups is 1. The molecule has 0 aromatic carbocycles. The fourth-order valence-electron chi connectivity index (χ4n) is 1.58. The van der Waals surface area contributed by atoms with Crippen LogP contribution in [0.4, 0.5) is 4.79 Å². The van der Waals surface area contributed by atoms with Crippen molar-refractivity contribution in [3.05, 3.63) is 23.7 Å². The molecule has 0 unspecified atom stereocenters. The standard InChI is InChI=1S/C14H23NO4/c1-6-10-7-8-12(18-10)11(9-17-5)15-13(16)19-14(2,3)4/h7-8,11H,6,9H2,1-5H3,(H,15,16)/t11-/m0/s1. The third-order valence-electron chi connectivity index (χ3n) is 2.40. The highest BCUT2D eigenvalue weighted by Crippen LogP contribution is 2.18. The maximum atomic E-state index is 11.8. The fourth-order valence-corrected chi connectivity index (χ4v) is 1.58. The normalized spacial score (nSPS) is 13.1. The Morgan fingerprint density at radius 3 is 2.58 bits per heavy atom. The Morgan fingerprint density at radius 2 is 2.11 bits per heavy atom. The molecule has 0 aliphatic heterocycles. The highest BCUT2D eigenvalue weighted by atomic mass is 16.6. The summed E-state index contributed by atoms with van der Waals surface area (Å²) in [5.41, 5.74) is -0.528. The quantitative estimate of drug-likeness (QED) is 0.892. The van der Waals surface area contributed by atoms with E-state index < -0.39 is 11.7 Å². The van der Waals surface area contributed by atoms with Gasteiger partial charge in [-0.3, -0.25) is 0 Å². The summed E-state index contributed by atoms with van der Waals surface area (Å²) in [4.78, 5) is 11.8. The first-order valence-electron chi connectivity index (χ1n) is 6.42. The first-order valence-corrected chi connectivity index (χ1v) is 6.42. The summed E-state index contributed by atoms with van der Waals surface area (Å²) in [6, 6.07) is 3.40. The van der Waals surface area contributed by atoms with Crippen molar-refractivity contribution in [2.24, 2.45) is 0 Å². The van der Waals surface area contributed by atoms with Gasteiger partial charge in [0.2, 0.25) is 0 Å². The lowest BCUT2D eigenvalue weighted by Gasteiger charge is -2.22. The Kier molecular flexibility index (Phi) is 5.42. The van der Waals surface area contributed by atoms with Gasteiger partial charge in [0, 0.05) is 13.5 Å². The van der Waals surface area contributed by atoms with Crippen LogP contribution >= 0.6 is 0 Å². The van der Waals surface area contributed by atoms with Gasteiger partial charge in [-0.2, -0.15) is 0 Å². The van der Waals surface area contributed by atoms with Crippen molar-refractivity contribution < 1.29 is 18.7 Å². The number of furan rings is 1. The van der Waals surface area contributed by atoms with Crippen LogP contribution < -0.4 is 5.32 Å². The predicted octanol–water partition coefficient (Wildman–Crippen LogP) is 3.05. The first kappa shape index (κ1) is 15.6. The SMILES string of the molecule is CCc1ccc([C@H](COC)NC(=O)OC(C)(C)C)o1. The van der Waals surface area contributed by atoms with Crippen LogP contribution in [0, 0.1) is 0 Å². The molecule has 0 fully saturated rings. The molecule has 1 N–H and O–H groups in total. The molecule has 1 aromatic heterocycles. The number of aryl methyl sites for hydroxylation is 1. The van der Waals surface area contributed by atoms with Gasteiger partial charge in [0.05, 0.1) is 6.61 Å². The number of nitrogens with one attached hydrogen (secondary N) is 1. The van der Waals surface area contributed by atoms with Crippen LogP contribution in [0.2, 0.25) is 0 Å². The zero-order valence-corrected chi connectivity index (χ0v) is 12.3. The van der Waals surface area contributed by atoms with Gasteiger partial charge >= 0.3 is 6.09 Å². The average molecular weight is 269 g/mol. The molecule has 0 radical (unpaired) electrons. The molecule has 1 atom stereocenters. The number of hydrogen-bond donors (Lipinski definition) is 1. The Labute approximate surface area is 114 Å². The molecule has 0 aliphatic rings. The molecule has 19 heavy (non-hydrogen) atoms. The second-order valence-corrected chi connectivity index (χ2v) is 5.31. The molecule has 1 rings (SSSR count). The summed E-state index contributed by atoms with van der Waals surface area (Å²) in [5, 5.41) is 2.75. The van der Waals surface area contributed by atoms with Crippen molar-refractivity contribution in [2.75, 3.05) is 13.7 Å². The molecule has 1 aromatic rings. The Hall–Kier alpha value is -1.49. The zero-order valence-electron chi connectivity index (χ0n) is 12.3. The van der Waals surface area contributed by atoms with Gasteiger partial charge < -0.3 is 19.2 Å². The van der Waals surface area contributed by atoms with E-state index in [-0.39, 0.29) is 6.04 Å². The van der Waals surface area contributed by atoms with Crippen LogP contribution in [-0.4, -0.2) is 25.4 Å². The Bertz CT molecular complexity index is 406. The van der Waals surface area contributed by atoms with E-state index in [0.717, 1.165) is 12.2 Å². The third-order valence-corrected chi connectivity index (χ3v) is 2.40. The van der Waals surface area contributed by atoms with Crippen LogP contribution in [0.15, 0.2) is 16.5 Å². The fraction of sp³-hybridized carbons (Fsp3) is 0.643. The summed E-state index contributed by atoms with van der Waals surface area (Å²) in [6.07, 6.45) is 0.329. The number of methoxy groups -OCH3 is 1. The van der Waals surface area contributed by atoms with Crippen LogP contribution in [0.1, 0.15) is 45.3 Å². The van der Waals surface area contributed by atoms with Crippen molar-refractivity contribution in [3.8, 4) is 0 Å². The maximum Gasteiger partial charge on any atom is 0.408 e. The molecule has 5 heteroatoms. The van der Waals surface area contributed by atoms with Crippen molar-refractivity contribution in [1.29, 1.82) is 0 Å². The number of alkyl carbamates (subject to hydrolysis) is 1. The second kappa shape index (κ2) is 6.61. The minimum absolute atomic E-state index is 0.329. The minimum atomic E-state index is -0.528. The number of carbonyl (C=O) groups excluding carboxylic acids is 1. The van der Waals surface area contributed by atoms with E-state index in [1.807, 2.05) is 39.8 Å². The van der Waals surface area contributed by atoms with E-state index in [0.29, 0.717) is 12.4 Å². The molecule has 5 nitrogen and oxygen atoms in total. The van der Waals surface area contributed by atoms with Gasteiger partial charge in [0.15, 0.2) is 0 Å². The van der Waals surface area contributed by atoms with Crippen molar-refractivity contribution in [2.45, 2.75) is 45.8 Å². The summed E-state index contributed by atoms with van der Waals surface area (Å²) < 4.78 is 16.0. The lowest BCUT2D eigenvalue weighted by molar-refractivity contribution is 0.0455. The lowest BCUT2D eigenvalue weighted by atomic mass is 10.2. The number of hydrogen-bond acceptors (Lipinski definition) is 4. The van der Waals surface area contributed by atoms with E-state index in [9.17, 15) is 4.79 Å². The van der Waals surface area contributed by atoms with Gasteiger partial charge in [-0.1, -0.05) is 6.92 Å². The van der Waals surface area contributed by atoms with Crippen LogP contribution in [0.25, 0.3) is 0 Å². The van der Waals surface area contributed by atoms with Gasteiger partial charge in [-0.05, 0) is 32.9 Å². The van der Waals surface area contributed by atoms with Gasteiger partial charge in [-0.25, -0.2) is 4.79 Å². The molecular formula is C14H23NO4. The van der Waals surface area contributed by atoms with Gasteiger partial charge in [-0.15, -0.1) is 0 Å². The smallest absolute Gasteiger partial charge is 0.408 e. The Morgan fingerprint density at radius 1 is 1.42 bits per heavy atom. The molecule has 108 valence electrons. The predicted molar refractivity (Wildman–Crippen MR) is 72.1 cm³/mol. The third kappa shape index (κ3) is 5.34. The lowest BCUT2D eigenvalue weighted by Crippen LogP contribution is -2.36. The van der Waals surface area contributed by atoms with E-state index in [1.54, 1.807) is 7.11 Å². The zero-order chi connectivity index (χ0) is 14.5. The molecule has 0 bridgehead atoms. The molecule has 0 saturated carbocycles. The van der Waals surface area contributed by atoms with E-state index in [1.165, 1.54) is 0 Å². The topological polar surface area (TPSA) is 60.7 Å².